The minimum Gasteiger partial charge on any atom is -0.492 e. The molecule has 1 aromatic rings. The number of fused-ring (bicyclic) bond motifs is 1. The third-order valence-electron chi connectivity index (χ3n) is 1.96. The number of hydrogen-bond acceptors (Lipinski definition) is 2. The molecule has 0 spiro atoms. The number of nitrogens with one attached hydrogen (secondary N) is 1. The van der Waals surface area contributed by atoms with Crippen LogP contribution in [0.15, 0.2) is 12.1 Å². The van der Waals surface area contributed by atoms with E-state index in [1.807, 2.05) is 6.07 Å². The van der Waals surface area contributed by atoms with Gasteiger partial charge >= 0.3 is 0 Å². The maximum atomic E-state index is 5.88. The Hall–Kier alpha value is -0.440. The van der Waals surface area contributed by atoms with Crippen LogP contribution in [0.5, 0.6) is 5.75 Å². The van der Waals surface area contributed by atoms with Gasteiger partial charge in [0.05, 0.1) is 10.0 Å². The van der Waals surface area contributed by atoms with E-state index in [0.717, 1.165) is 24.4 Å². The molecule has 0 atom stereocenters. The number of hydrogen-bond donors (Lipinski definition) is 1. The van der Waals surface area contributed by atoms with Crippen molar-refractivity contribution in [1.82, 2.24) is 5.32 Å². The molecular formula is C9H9Cl2NO. The maximum Gasteiger partial charge on any atom is 0.125 e. The first-order valence-electron chi connectivity index (χ1n) is 4.09. The van der Waals surface area contributed by atoms with Crippen LogP contribution < -0.4 is 10.1 Å². The van der Waals surface area contributed by atoms with Gasteiger partial charge in [0.2, 0.25) is 0 Å². The summed E-state index contributed by atoms with van der Waals surface area (Å²) in [5, 5.41) is 4.34. The summed E-state index contributed by atoms with van der Waals surface area (Å²) in [5.41, 5.74) is 1.06. The van der Waals surface area contributed by atoms with Crippen LogP contribution in [0, 0.1) is 0 Å². The van der Waals surface area contributed by atoms with Crippen molar-refractivity contribution in [2.45, 2.75) is 6.54 Å². The number of halogens is 2. The molecule has 2 rings (SSSR count). The third-order valence-corrected chi connectivity index (χ3v) is 2.68. The number of ether oxygens (including phenoxy) is 1. The van der Waals surface area contributed by atoms with Crippen LogP contribution >= 0.6 is 23.2 Å². The highest BCUT2D eigenvalue weighted by Gasteiger charge is 2.10. The van der Waals surface area contributed by atoms with E-state index < -0.39 is 0 Å². The Morgan fingerprint density at radius 1 is 1.23 bits per heavy atom. The molecule has 0 bridgehead atoms. The minimum absolute atomic E-state index is 0.544. The highest BCUT2D eigenvalue weighted by atomic mass is 35.5. The lowest BCUT2D eigenvalue weighted by Gasteiger charge is -2.07. The van der Waals surface area contributed by atoms with Crippen molar-refractivity contribution in [3.8, 4) is 5.75 Å². The average molecular weight is 218 g/mol. The van der Waals surface area contributed by atoms with Crippen LogP contribution in [-0.2, 0) is 6.54 Å². The number of rotatable bonds is 0. The van der Waals surface area contributed by atoms with Gasteiger partial charge in [0, 0.05) is 24.7 Å². The topological polar surface area (TPSA) is 21.3 Å². The summed E-state index contributed by atoms with van der Waals surface area (Å²) in [4.78, 5) is 0. The summed E-state index contributed by atoms with van der Waals surface area (Å²) >= 11 is 11.8. The summed E-state index contributed by atoms with van der Waals surface area (Å²) in [6, 6.07) is 3.61. The minimum atomic E-state index is 0.544. The third kappa shape index (κ3) is 1.90. The molecule has 0 radical (unpaired) electrons. The molecule has 0 saturated carbocycles. The van der Waals surface area contributed by atoms with Gasteiger partial charge in [-0.3, -0.25) is 0 Å². The van der Waals surface area contributed by atoms with E-state index in [4.69, 9.17) is 27.9 Å². The van der Waals surface area contributed by atoms with E-state index in [0.29, 0.717) is 16.7 Å². The standard InChI is InChI=1S/C9H9Cl2NO/c10-7-3-6-5-12-1-2-13-9(6)4-8(7)11/h3-4,12H,1-2,5H2. The quantitative estimate of drug-likeness (QED) is 0.722. The molecule has 0 aliphatic carbocycles. The molecule has 70 valence electrons. The maximum absolute atomic E-state index is 5.88. The second-order valence-corrected chi connectivity index (χ2v) is 3.71. The van der Waals surface area contributed by atoms with Gasteiger partial charge in [-0.25, -0.2) is 0 Å². The van der Waals surface area contributed by atoms with Crippen LogP contribution in [0.1, 0.15) is 5.56 Å². The smallest absolute Gasteiger partial charge is 0.125 e. The predicted molar refractivity (Wildman–Crippen MR) is 53.7 cm³/mol. The zero-order valence-corrected chi connectivity index (χ0v) is 8.45. The van der Waals surface area contributed by atoms with Gasteiger partial charge in [-0.05, 0) is 6.07 Å². The van der Waals surface area contributed by atoms with Gasteiger partial charge in [-0.1, -0.05) is 23.2 Å². The number of benzene rings is 1. The van der Waals surface area contributed by atoms with Crippen LogP contribution in [0.4, 0.5) is 0 Å². The molecule has 1 aliphatic rings. The molecule has 0 amide bonds. The monoisotopic (exact) mass is 217 g/mol. The highest BCUT2D eigenvalue weighted by molar-refractivity contribution is 6.42. The summed E-state index contributed by atoms with van der Waals surface area (Å²) in [6.07, 6.45) is 0. The van der Waals surface area contributed by atoms with Crippen molar-refractivity contribution in [2.24, 2.45) is 0 Å². The Morgan fingerprint density at radius 2 is 2.00 bits per heavy atom. The van der Waals surface area contributed by atoms with Crippen molar-refractivity contribution < 1.29 is 4.74 Å². The lowest BCUT2D eigenvalue weighted by atomic mass is 10.2. The lowest BCUT2D eigenvalue weighted by molar-refractivity contribution is 0.326. The molecule has 0 fully saturated rings. The van der Waals surface area contributed by atoms with E-state index in [1.165, 1.54) is 0 Å². The molecule has 1 N–H and O–H groups in total. The molecule has 1 aliphatic heterocycles. The van der Waals surface area contributed by atoms with Crippen LogP contribution in [-0.4, -0.2) is 13.2 Å². The molecule has 0 unspecified atom stereocenters. The van der Waals surface area contributed by atoms with Crippen LogP contribution in [0.3, 0.4) is 0 Å². The largest absolute Gasteiger partial charge is 0.492 e. The predicted octanol–water partition coefficient (Wildman–Crippen LogP) is 2.48. The SMILES string of the molecule is Clc1cc2c(cc1Cl)OCCNC2. The second-order valence-electron chi connectivity index (χ2n) is 2.90. The average Bonchev–Trinajstić information content (AvgIpc) is 2.31. The highest BCUT2D eigenvalue weighted by Crippen LogP contribution is 2.31. The first kappa shape index (κ1) is 9.13. The first-order valence-corrected chi connectivity index (χ1v) is 4.84. The second kappa shape index (κ2) is 3.74. The van der Waals surface area contributed by atoms with E-state index in [9.17, 15) is 0 Å². The van der Waals surface area contributed by atoms with Crippen molar-refractivity contribution in [3.63, 3.8) is 0 Å². The fraction of sp³-hybridized carbons (Fsp3) is 0.333. The van der Waals surface area contributed by atoms with Crippen molar-refractivity contribution in [2.75, 3.05) is 13.2 Å². The van der Waals surface area contributed by atoms with Gasteiger partial charge < -0.3 is 10.1 Å². The molecule has 2 nitrogen and oxygen atoms in total. The van der Waals surface area contributed by atoms with Gasteiger partial charge in [-0.2, -0.15) is 0 Å². The van der Waals surface area contributed by atoms with E-state index in [-0.39, 0.29) is 0 Å². The Labute approximate surface area is 86.8 Å². The van der Waals surface area contributed by atoms with Crippen molar-refractivity contribution in [3.05, 3.63) is 27.7 Å². The lowest BCUT2D eigenvalue weighted by Crippen LogP contribution is -2.16. The fourth-order valence-corrected chi connectivity index (χ4v) is 1.64. The summed E-state index contributed by atoms with van der Waals surface area (Å²) < 4.78 is 5.48. The molecular weight excluding hydrogens is 209 g/mol. The first-order chi connectivity index (χ1) is 6.27. The molecule has 0 saturated heterocycles. The zero-order chi connectivity index (χ0) is 9.26. The fourth-order valence-electron chi connectivity index (χ4n) is 1.30. The Kier molecular flexibility index (Phi) is 2.63. The van der Waals surface area contributed by atoms with Gasteiger partial charge in [0.25, 0.3) is 0 Å². The van der Waals surface area contributed by atoms with Crippen molar-refractivity contribution >= 4 is 23.2 Å². The summed E-state index contributed by atoms with van der Waals surface area (Å²) in [6.45, 7) is 2.31. The Morgan fingerprint density at radius 3 is 2.85 bits per heavy atom. The Bertz CT molecular complexity index is 297. The van der Waals surface area contributed by atoms with Crippen LogP contribution in [0.2, 0.25) is 10.0 Å². The summed E-state index contributed by atoms with van der Waals surface area (Å²) in [5.74, 6) is 0.833. The molecule has 13 heavy (non-hydrogen) atoms. The zero-order valence-electron chi connectivity index (χ0n) is 6.94. The molecule has 4 heteroatoms. The normalized spacial score (nSPS) is 15.8. The van der Waals surface area contributed by atoms with E-state index >= 15 is 0 Å². The van der Waals surface area contributed by atoms with E-state index in [1.54, 1.807) is 6.07 Å². The van der Waals surface area contributed by atoms with Gasteiger partial charge in [-0.15, -0.1) is 0 Å². The molecule has 0 aromatic heterocycles. The Balaban J connectivity index is 2.43. The summed E-state index contributed by atoms with van der Waals surface area (Å²) in [7, 11) is 0. The molecule has 1 aromatic carbocycles. The molecule has 1 heterocycles. The van der Waals surface area contributed by atoms with Gasteiger partial charge in [0.15, 0.2) is 0 Å². The van der Waals surface area contributed by atoms with Crippen molar-refractivity contribution in [1.29, 1.82) is 0 Å². The van der Waals surface area contributed by atoms with Crippen LogP contribution in [0.25, 0.3) is 0 Å². The van der Waals surface area contributed by atoms with E-state index in [2.05, 4.69) is 5.32 Å². The van der Waals surface area contributed by atoms with Gasteiger partial charge in [0.1, 0.15) is 12.4 Å².